The van der Waals surface area contributed by atoms with Crippen LogP contribution in [0.5, 0.6) is 0 Å². The number of hydrogen-bond acceptors (Lipinski definition) is 4. The van der Waals surface area contributed by atoms with Crippen molar-refractivity contribution < 1.29 is 19.0 Å². The first-order valence-corrected chi connectivity index (χ1v) is 9.22. The van der Waals surface area contributed by atoms with Crippen molar-refractivity contribution >= 4 is 8.32 Å². The summed E-state index contributed by atoms with van der Waals surface area (Å²) < 4.78 is 17.5. The van der Waals surface area contributed by atoms with E-state index in [9.17, 15) is 5.11 Å². The number of ether oxygens (including phenoxy) is 2. The van der Waals surface area contributed by atoms with E-state index < -0.39 is 14.4 Å². The van der Waals surface area contributed by atoms with Gasteiger partial charge >= 0.3 is 0 Å². The molecule has 2 fully saturated rings. The molecule has 0 spiro atoms. The average molecular weight is 260 g/mol. The Kier molecular flexibility index (Phi) is 3.42. The average Bonchev–Trinajstić information content (AvgIpc) is 2.70. The number of hydrogen-bond donors (Lipinski definition) is 1. The van der Waals surface area contributed by atoms with E-state index in [1.54, 1.807) is 0 Å². The third kappa shape index (κ3) is 2.44. The molecule has 2 rings (SSSR count). The molecular weight excluding hydrogens is 236 g/mol. The van der Waals surface area contributed by atoms with Gasteiger partial charge in [0.05, 0.1) is 19.3 Å². The summed E-state index contributed by atoms with van der Waals surface area (Å²) >= 11 is 0. The van der Waals surface area contributed by atoms with Gasteiger partial charge in [-0.05, 0) is 18.1 Å². The number of aliphatic hydroxyl groups excluding tert-OH is 1. The van der Waals surface area contributed by atoms with Crippen molar-refractivity contribution in [2.45, 2.75) is 63.3 Å². The standard InChI is InChI=1S/C12H24O4Si/c1-12(2,3)17(4,5)16-9-7-15-10-8(13)6-14-11(9)10/h8-11,13H,6-7H2,1-5H3/t8-,9-,10-,11-/m0/s1. The molecule has 0 amide bonds. The first kappa shape index (κ1) is 13.5. The van der Waals surface area contributed by atoms with Gasteiger partial charge in [-0.2, -0.15) is 0 Å². The summed E-state index contributed by atoms with van der Waals surface area (Å²) in [5.41, 5.74) is 0. The highest BCUT2D eigenvalue weighted by atomic mass is 28.4. The highest BCUT2D eigenvalue weighted by Crippen LogP contribution is 2.40. The Morgan fingerprint density at radius 1 is 1.12 bits per heavy atom. The van der Waals surface area contributed by atoms with E-state index in [4.69, 9.17) is 13.9 Å². The van der Waals surface area contributed by atoms with Crippen molar-refractivity contribution in [1.29, 1.82) is 0 Å². The van der Waals surface area contributed by atoms with Gasteiger partial charge in [-0.15, -0.1) is 0 Å². The van der Waals surface area contributed by atoms with Gasteiger partial charge < -0.3 is 19.0 Å². The lowest BCUT2D eigenvalue weighted by Gasteiger charge is -2.39. The van der Waals surface area contributed by atoms with Gasteiger partial charge in [-0.3, -0.25) is 0 Å². The van der Waals surface area contributed by atoms with Crippen molar-refractivity contribution in [2.24, 2.45) is 0 Å². The van der Waals surface area contributed by atoms with Gasteiger partial charge in [0, 0.05) is 0 Å². The van der Waals surface area contributed by atoms with E-state index in [0.717, 1.165) is 0 Å². The summed E-state index contributed by atoms with van der Waals surface area (Å²) in [7, 11) is -1.79. The lowest BCUT2D eigenvalue weighted by atomic mass is 10.1. The maximum atomic E-state index is 9.68. The van der Waals surface area contributed by atoms with Crippen molar-refractivity contribution in [3.05, 3.63) is 0 Å². The second-order valence-corrected chi connectivity index (χ2v) is 11.3. The largest absolute Gasteiger partial charge is 0.409 e. The lowest BCUT2D eigenvalue weighted by molar-refractivity contribution is 0.00562. The highest BCUT2D eigenvalue weighted by molar-refractivity contribution is 6.74. The summed E-state index contributed by atoms with van der Waals surface area (Å²) in [5.74, 6) is 0. The molecule has 0 aromatic heterocycles. The van der Waals surface area contributed by atoms with Gasteiger partial charge in [0.2, 0.25) is 0 Å². The zero-order valence-electron chi connectivity index (χ0n) is 11.4. The zero-order chi connectivity index (χ0) is 12.8. The Morgan fingerprint density at radius 3 is 2.29 bits per heavy atom. The van der Waals surface area contributed by atoms with E-state index in [1.165, 1.54) is 0 Å². The molecule has 0 saturated carbocycles. The minimum Gasteiger partial charge on any atom is -0.409 e. The van der Waals surface area contributed by atoms with E-state index in [-0.39, 0.29) is 23.4 Å². The Hall–Kier alpha value is 0.0569. The van der Waals surface area contributed by atoms with Crippen molar-refractivity contribution in [3.8, 4) is 0 Å². The molecule has 0 radical (unpaired) electrons. The summed E-state index contributed by atoms with van der Waals surface area (Å²) in [5, 5.41) is 9.86. The maximum absolute atomic E-state index is 9.68. The predicted octanol–water partition coefficient (Wildman–Crippen LogP) is 1.54. The van der Waals surface area contributed by atoms with Gasteiger partial charge in [0.15, 0.2) is 8.32 Å². The summed E-state index contributed by atoms with van der Waals surface area (Å²) in [6, 6.07) is 0. The Balaban J connectivity index is 2.02. The molecule has 0 aromatic rings. The zero-order valence-corrected chi connectivity index (χ0v) is 12.4. The Bertz CT molecular complexity index is 287. The first-order valence-electron chi connectivity index (χ1n) is 6.31. The molecule has 4 atom stereocenters. The first-order chi connectivity index (χ1) is 7.72. The molecule has 17 heavy (non-hydrogen) atoms. The lowest BCUT2D eigenvalue weighted by Crippen LogP contribution is -2.47. The van der Waals surface area contributed by atoms with Gasteiger partial charge in [0.1, 0.15) is 18.3 Å². The van der Waals surface area contributed by atoms with Crippen LogP contribution in [0.25, 0.3) is 0 Å². The fourth-order valence-electron chi connectivity index (χ4n) is 2.10. The Morgan fingerprint density at radius 2 is 1.71 bits per heavy atom. The monoisotopic (exact) mass is 260 g/mol. The van der Waals surface area contributed by atoms with Crippen LogP contribution in [0.1, 0.15) is 20.8 Å². The van der Waals surface area contributed by atoms with Crippen LogP contribution < -0.4 is 0 Å². The Labute approximate surface area is 104 Å². The van der Waals surface area contributed by atoms with Crippen LogP contribution in [-0.2, 0) is 13.9 Å². The van der Waals surface area contributed by atoms with Crippen LogP contribution in [-0.4, -0.2) is 51.1 Å². The SMILES string of the molecule is CC(C)(C)[Si](C)(C)O[C@H]1CO[C@@H]2[C@H]1OC[C@@H]2O. The molecule has 0 aromatic carbocycles. The van der Waals surface area contributed by atoms with E-state index in [0.29, 0.717) is 13.2 Å². The molecule has 2 heterocycles. The maximum Gasteiger partial charge on any atom is 0.192 e. The normalized spacial score (nSPS) is 38.5. The smallest absolute Gasteiger partial charge is 0.192 e. The van der Waals surface area contributed by atoms with Gasteiger partial charge in [-0.1, -0.05) is 20.8 Å². The minimum absolute atomic E-state index is 0.0157. The van der Waals surface area contributed by atoms with E-state index in [1.807, 2.05) is 0 Å². The van der Waals surface area contributed by atoms with Gasteiger partial charge in [-0.25, -0.2) is 0 Å². The second-order valence-electron chi connectivity index (χ2n) is 6.58. The van der Waals surface area contributed by atoms with Crippen LogP contribution in [0.2, 0.25) is 18.1 Å². The summed E-state index contributed by atoms with van der Waals surface area (Å²) in [6.07, 6.45) is -0.782. The molecule has 4 nitrogen and oxygen atoms in total. The molecule has 2 aliphatic rings. The van der Waals surface area contributed by atoms with Crippen molar-refractivity contribution in [2.75, 3.05) is 13.2 Å². The summed E-state index contributed by atoms with van der Waals surface area (Å²) in [6.45, 7) is 12.0. The predicted molar refractivity (Wildman–Crippen MR) is 67.6 cm³/mol. The molecule has 1 N–H and O–H groups in total. The molecule has 5 heteroatoms. The number of fused-ring (bicyclic) bond motifs is 1. The van der Waals surface area contributed by atoms with Crippen LogP contribution >= 0.6 is 0 Å². The quantitative estimate of drug-likeness (QED) is 0.765. The van der Waals surface area contributed by atoms with Crippen LogP contribution in [0.3, 0.4) is 0 Å². The molecule has 0 unspecified atom stereocenters. The fourth-order valence-corrected chi connectivity index (χ4v) is 3.41. The molecule has 100 valence electrons. The number of aliphatic hydroxyl groups is 1. The summed E-state index contributed by atoms with van der Waals surface area (Å²) in [4.78, 5) is 0. The second kappa shape index (κ2) is 4.31. The topological polar surface area (TPSA) is 47.9 Å². The molecule has 0 bridgehead atoms. The fraction of sp³-hybridized carbons (Fsp3) is 1.00. The molecule has 0 aliphatic carbocycles. The number of rotatable bonds is 2. The van der Waals surface area contributed by atoms with Crippen LogP contribution in [0.15, 0.2) is 0 Å². The third-order valence-corrected chi connectivity index (χ3v) is 8.74. The minimum atomic E-state index is -1.79. The van der Waals surface area contributed by atoms with E-state index >= 15 is 0 Å². The molecule has 2 saturated heterocycles. The molecule has 2 aliphatic heterocycles. The van der Waals surface area contributed by atoms with Crippen molar-refractivity contribution in [1.82, 2.24) is 0 Å². The van der Waals surface area contributed by atoms with Crippen LogP contribution in [0, 0.1) is 0 Å². The van der Waals surface area contributed by atoms with Crippen LogP contribution in [0.4, 0.5) is 0 Å². The molecular formula is C12H24O4Si. The van der Waals surface area contributed by atoms with Crippen molar-refractivity contribution in [3.63, 3.8) is 0 Å². The van der Waals surface area contributed by atoms with Gasteiger partial charge in [0.25, 0.3) is 0 Å². The van der Waals surface area contributed by atoms with E-state index in [2.05, 4.69) is 33.9 Å². The third-order valence-electron chi connectivity index (χ3n) is 4.23. The highest BCUT2D eigenvalue weighted by Gasteiger charge is 2.50.